The summed E-state index contributed by atoms with van der Waals surface area (Å²) in [5.41, 5.74) is 7.92. The standard InChI is InChI=1S/C34H47FN4O6.ClH/c1-8-26-31-28(17-34(3,4)18-29(31)41)38(37-26)27-14-13-24(33(36)43)25(32(27)35)15-21-9-11-22(12-10-21)45-30(42)16-23(44-20(2)40)19-39(5,6)7;/h13-14,21-23H,8-12,15-19H2,1-7H3,(H-,36,43);1H. The SMILES string of the molecule is CCc1nn(-c2ccc(C(N)=O)c(CC3CCC(OC(=O)CC(C[N+](C)(C)C)OC(C)=O)CC3)c2F)c2c1C(=O)CC(C)(C)C2.[Cl-]. The molecule has 12 heteroatoms. The molecule has 10 nitrogen and oxygen atoms in total. The van der Waals surface area contributed by atoms with Crippen LogP contribution in [0, 0.1) is 17.2 Å². The van der Waals surface area contributed by atoms with Crippen LogP contribution in [0.15, 0.2) is 12.1 Å². The van der Waals surface area contributed by atoms with Gasteiger partial charge in [0.05, 0.1) is 44.5 Å². The molecule has 254 valence electrons. The van der Waals surface area contributed by atoms with Gasteiger partial charge in [0.25, 0.3) is 0 Å². The number of nitrogens with two attached hydrogens (primary N) is 1. The maximum atomic E-state index is 16.4. The summed E-state index contributed by atoms with van der Waals surface area (Å²) >= 11 is 0. The number of nitrogens with zero attached hydrogens (tertiary/aromatic N) is 3. The van der Waals surface area contributed by atoms with E-state index in [1.165, 1.54) is 13.0 Å². The first kappa shape index (κ1) is 37.2. The molecule has 0 bridgehead atoms. The van der Waals surface area contributed by atoms with Gasteiger partial charge >= 0.3 is 11.9 Å². The molecule has 1 atom stereocenters. The van der Waals surface area contributed by atoms with Crippen LogP contribution in [0.5, 0.6) is 0 Å². The van der Waals surface area contributed by atoms with E-state index in [4.69, 9.17) is 15.2 Å². The van der Waals surface area contributed by atoms with Crippen molar-refractivity contribution in [3.8, 4) is 5.69 Å². The van der Waals surface area contributed by atoms with E-state index in [2.05, 4.69) is 5.10 Å². The monoisotopic (exact) mass is 662 g/mol. The number of likely N-dealkylation sites (N-methyl/N-ethyl adjacent to an activating group) is 1. The molecule has 2 aliphatic rings. The van der Waals surface area contributed by atoms with E-state index in [9.17, 15) is 19.2 Å². The van der Waals surface area contributed by atoms with E-state index >= 15 is 4.39 Å². The smallest absolute Gasteiger partial charge is 0.310 e. The van der Waals surface area contributed by atoms with Crippen molar-refractivity contribution < 1.29 is 49.9 Å². The van der Waals surface area contributed by atoms with Crippen molar-refractivity contribution >= 4 is 23.6 Å². The number of halogens is 2. The molecule has 1 amide bonds. The number of hydrogen-bond donors (Lipinski definition) is 1. The number of benzene rings is 1. The topological polar surface area (TPSA) is 131 Å². The van der Waals surface area contributed by atoms with E-state index < -0.39 is 29.8 Å². The molecule has 0 radical (unpaired) electrons. The van der Waals surface area contributed by atoms with Crippen LogP contribution in [0.2, 0.25) is 0 Å². The minimum Gasteiger partial charge on any atom is -1.00 e. The minimum atomic E-state index is -0.706. The molecule has 2 aromatic rings. The second-order valence-corrected chi connectivity index (χ2v) is 14.5. The lowest BCUT2D eigenvalue weighted by molar-refractivity contribution is -0.873. The summed E-state index contributed by atoms with van der Waals surface area (Å²) in [6, 6.07) is 3.07. The number of primary amides is 1. The van der Waals surface area contributed by atoms with Gasteiger partial charge in [-0.2, -0.15) is 5.10 Å². The van der Waals surface area contributed by atoms with Crippen molar-refractivity contribution in [2.45, 2.75) is 97.7 Å². The van der Waals surface area contributed by atoms with Crippen LogP contribution in [0.3, 0.4) is 0 Å². The second-order valence-electron chi connectivity index (χ2n) is 14.5. The minimum absolute atomic E-state index is 0. The first-order valence-electron chi connectivity index (χ1n) is 15.9. The number of amides is 1. The number of aromatic nitrogens is 2. The van der Waals surface area contributed by atoms with Crippen LogP contribution >= 0.6 is 0 Å². The molecule has 4 rings (SSSR count). The highest BCUT2D eigenvalue weighted by Gasteiger charge is 2.37. The fourth-order valence-corrected chi connectivity index (χ4v) is 6.83. The molecule has 0 aliphatic heterocycles. The summed E-state index contributed by atoms with van der Waals surface area (Å²) in [7, 11) is 5.87. The Morgan fingerprint density at radius 1 is 1.13 bits per heavy atom. The molecular weight excluding hydrogens is 615 g/mol. The van der Waals surface area contributed by atoms with E-state index in [-0.39, 0.29) is 58.9 Å². The molecule has 2 N–H and O–H groups in total. The Bertz CT molecular complexity index is 1470. The van der Waals surface area contributed by atoms with Gasteiger partial charge in [-0.05, 0) is 68.4 Å². The number of rotatable bonds is 11. The molecule has 2 aliphatic carbocycles. The van der Waals surface area contributed by atoms with Crippen LogP contribution in [0.4, 0.5) is 4.39 Å². The van der Waals surface area contributed by atoms with Crippen LogP contribution in [0.25, 0.3) is 5.69 Å². The number of quaternary nitrogens is 1. The number of fused-ring (bicyclic) bond motifs is 1. The summed E-state index contributed by atoms with van der Waals surface area (Å²) < 4.78 is 29.6. The molecule has 46 heavy (non-hydrogen) atoms. The number of carbonyl (C=O) groups is 4. The highest BCUT2D eigenvalue weighted by atomic mass is 35.5. The zero-order chi connectivity index (χ0) is 33.3. The molecule has 1 unspecified atom stereocenters. The average molecular weight is 663 g/mol. The molecule has 1 heterocycles. The van der Waals surface area contributed by atoms with Crippen LogP contribution in [-0.4, -0.2) is 77.8 Å². The lowest BCUT2D eigenvalue weighted by Gasteiger charge is -2.31. The van der Waals surface area contributed by atoms with Crippen molar-refractivity contribution in [2.75, 3.05) is 27.7 Å². The Hall–Kier alpha value is -3.31. The fraction of sp³-hybridized carbons (Fsp3) is 0.618. The number of aryl methyl sites for hydroxylation is 1. The highest BCUT2D eigenvalue weighted by Crippen LogP contribution is 2.39. The van der Waals surface area contributed by atoms with Crippen molar-refractivity contribution in [1.82, 2.24) is 9.78 Å². The number of hydrogen-bond acceptors (Lipinski definition) is 7. The van der Waals surface area contributed by atoms with Gasteiger partial charge in [0.15, 0.2) is 17.7 Å². The third-order valence-electron chi connectivity index (χ3n) is 8.73. The Morgan fingerprint density at radius 2 is 1.78 bits per heavy atom. The normalized spacial score (nSPS) is 19.9. The number of ether oxygens (including phenoxy) is 2. The van der Waals surface area contributed by atoms with Gasteiger partial charge in [0.2, 0.25) is 5.91 Å². The van der Waals surface area contributed by atoms with Crippen LogP contribution in [-0.2, 0) is 38.3 Å². The van der Waals surface area contributed by atoms with Gasteiger partial charge in [-0.25, -0.2) is 9.07 Å². The molecule has 1 aromatic carbocycles. The summed E-state index contributed by atoms with van der Waals surface area (Å²) in [5.74, 6) is -2.05. The molecular formula is C34H48ClFN4O6. The average Bonchev–Trinajstić information content (AvgIpc) is 3.26. The third kappa shape index (κ3) is 8.94. The lowest BCUT2D eigenvalue weighted by Crippen LogP contribution is -3.00. The molecule has 1 saturated carbocycles. The number of ketones is 1. The predicted octanol–water partition coefficient (Wildman–Crippen LogP) is 1.50. The molecule has 0 spiro atoms. The summed E-state index contributed by atoms with van der Waals surface area (Å²) in [5, 5.41) is 4.68. The number of esters is 2. The van der Waals surface area contributed by atoms with Gasteiger partial charge in [0.1, 0.15) is 18.3 Å². The van der Waals surface area contributed by atoms with E-state index in [1.54, 1.807) is 10.7 Å². The predicted molar refractivity (Wildman–Crippen MR) is 166 cm³/mol. The van der Waals surface area contributed by atoms with Crippen LogP contribution in [0.1, 0.15) is 104 Å². The van der Waals surface area contributed by atoms with E-state index in [0.29, 0.717) is 79.3 Å². The molecule has 1 aromatic heterocycles. The lowest BCUT2D eigenvalue weighted by atomic mass is 9.75. The highest BCUT2D eigenvalue weighted by molar-refractivity contribution is 6.00. The van der Waals surface area contributed by atoms with E-state index in [1.807, 2.05) is 41.9 Å². The largest absolute Gasteiger partial charge is 1.00 e. The number of Topliss-reactive ketones (excluding diaryl/α,β-unsaturated/α-hetero) is 1. The number of carbonyl (C=O) groups excluding carboxylic acids is 4. The zero-order valence-corrected chi connectivity index (χ0v) is 28.8. The van der Waals surface area contributed by atoms with Gasteiger partial charge in [-0.1, -0.05) is 20.8 Å². The molecule has 0 saturated heterocycles. The third-order valence-corrected chi connectivity index (χ3v) is 8.73. The quantitative estimate of drug-likeness (QED) is 0.285. The Kier molecular flexibility index (Phi) is 11.8. The van der Waals surface area contributed by atoms with Gasteiger partial charge in [-0.15, -0.1) is 0 Å². The first-order valence-corrected chi connectivity index (χ1v) is 15.9. The van der Waals surface area contributed by atoms with Gasteiger partial charge < -0.3 is 32.1 Å². The maximum absolute atomic E-state index is 16.4. The summed E-state index contributed by atoms with van der Waals surface area (Å²) in [4.78, 5) is 49.7. The van der Waals surface area contributed by atoms with Gasteiger partial charge in [0, 0.05) is 24.5 Å². The second kappa shape index (κ2) is 14.6. The van der Waals surface area contributed by atoms with E-state index in [0.717, 1.165) is 0 Å². The van der Waals surface area contributed by atoms with Crippen LogP contribution < -0.4 is 18.1 Å². The maximum Gasteiger partial charge on any atom is 0.310 e. The Morgan fingerprint density at radius 3 is 2.35 bits per heavy atom. The Balaban J connectivity index is 0.00000576. The van der Waals surface area contributed by atoms with Gasteiger partial charge in [-0.3, -0.25) is 19.2 Å². The van der Waals surface area contributed by atoms with Crippen molar-refractivity contribution in [3.05, 3.63) is 46.0 Å². The summed E-state index contributed by atoms with van der Waals surface area (Å²) in [6.45, 7) is 7.76. The van der Waals surface area contributed by atoms with Crippen molar-refractivity contribution in [1.29, 1.82) is 0 Å². The van der Waals surface area contributed by atoms with Crippen molar-refractivity contribution in [3.63, 3.8) is 0 Å². The first-order chi connectivity index (χ1) is 21.0. The molecule has 1 fully saturated rings. The fourth-order valence-electron chi connectivity index (χ4n) is 6.83. The van der Waals surface area contributed by atoms with Crippen molar-refractivity contribution in [2.24, 2.45) is 17.1 Å². The zero-order valence-electron chi connectivity index (χ0n) is 28.1. The summed E-state index contributed by atoms with van der Waals surface area (Å²) in [6.07, 6.45) is 3.49. The Labute approximate surface area is 277 Å².